The summed E-state index contributed by atoms with van der Waals surface area (Å²) in [6.45, 7) is 2.22. The number of carbonyl (C=O) groups excluding carboxylic acids is 1. The highest BCUT2D eigenvalue weighted by atomic mass is 32.2. The summed E-state index contributed by atoms with van der Waals surface area (Å²) in [6.07, 6.45) is 8.54. The number of nitrogens with zero attached hydrogens (tertiary/aromatic N) is 4. The van der Waals surface area contributed by atoms with Crippen LogP contribution in [0.5, 0.6) is 0 Å². The van der Waals surface area contributed by atoms with Gasteiger partial charge in [-0.2, -0.15) is 4.98 Å². The molecule has 7 heteroatoms. The van der Waals surface area contributed by atoms with E-state index in [2.05, 4.69) is 9.97 Å². The first-order chi connectivity index (χ1) is 12.7. The summed E-state index contributed by atoms with van der Waals surface area (Å²) in [7, 11) is 0. The van der Waals surface area contributed by atoms with E-state index in [1.54, 1.807) is 17.0 Å². The first-order valence-corrected chi connectivity index (χ1v) is 10.1. The summed E-state index contributed by atoms with van der Waals surface area (Å²) in [4.78, 5) is 35.3. The van der Waals surface area contributed by atoms with Crippen LogP contribution in [0.1, 0.15) is 36.1 Å². The van der Waals surface area contributed by atoms with Crippen molar-refractivity contribution in [1.29, 1.82) is 0 Å². The zero-order valence-electron chi connectivity index (χ0n) is 14.7. The van der Waals surface area contributed by atoms with Crippen LogP contribution in [0.25, 0.3) is 0 Å². The van der Waals surface area contributed by atoms with Crippen LogP contribution >= 0.6 is 11.8 Å². The number of hydrogen-bond donors (Lipinski definition) is 0. The second-order valence-corrected chi connectivity index (χ2v) is 7.77. The molecule has 1 aliphatic carbocycles. The van der Waals surface area contributed by atoms with Crippen molar-refractivity contribution in [2.45, 2.75) is 43.7 Å². The Labute approximate surface area is 156 Å². The van der Waals surface area contributed by atoms with E-state index in [0.717, 1.165) is 67.0 Å². The van der Waals surface area contributed by atoms with Gasteiger partial charge >= 0.3 is 5.69 Å². The molecule has 6 nitrogen and oxygen atoms in total. The van der Waals surface area contributed by atoms with E-state index in [9.17, 15) is 9.59 Å². The van der Waals surface area contributed by atoms with Crippen molar-refractivity contribution >= 4 is 17.7 Å². The quantitative estimate of drug-likeness (QED) is 0.594. The number of rotatable bonds is 5. The Morgan fingerprint density at radius 3 is 2.81 bits per heavy atom. The number of carbonyl (C=O) groups is 1. The molecule has 0 unspecified atom stereocenters. The third kappa shape index (κ3) is 3.53. The van der Waals surface area contributed by atoms with Gasteiger partial charge in [-0.15, -0.1) is 0 Å². The lowest BCUT2D eigenvalue weighted by Crippen LogP contribution is -2.30. The maximum Gasteiger partial charge on any atom is 0.349 e. The first kappa shape index (κ1) is 17.3. The highest BCUT2D eigenvalue weighted by molar-refractivity contribution is 7.99. The standard InChI is InChI=1S/C19H22N4O2S/c24-17(22-9-1-2-10-22)13-26-18-15-6-3-7-16(15)23(19(25)21-18)12-14-5-4-8-20-11-14/h4-5,8,11H,1-3,6-7,9-10,12-13H2. The first-order valence-electron chi connectivity index (χ1n) is 9.14. The predicted molar refractivity (Wildman–Crippen MR) is 100 cm³/mol. The Morgan fingerprint density at radius 1 is 1.19 bits per heavy atom. The van der Waals surface area contributed by atoms with Crippen molar-refractivity contribution in [3.05, 3.63) is 51.8 Å². The number of aromatic nitrogens is 3. The number of pyridine rings is 1. The van der Waals surface area contributed by atoms with Gasteiger partial charge in [0.1, 0.15) is 5.03 Å². The number of amides is 1. The van der Waals surface area contributed by atoms with Gasteiger partial charge in [0, 0.05) is 36.7 Å². The Bertz CT molecular complexity index is 860. The van der Waals surface area contributed by atoms with Gasteiger partial charge in [0.15, 0.2) is 0 Å². The van der Waals surface area contributed by atoms with Gasteiger partial charge in [-0.3, -0.25) is 14.3 Å². The number of hydrogen-bond acceptors (Lipinski definition) is 5. The van der Waals surface area contributed by atoms with Gasteiger partial charge in [0.05, 0.1) is 12.3 Å². The van der Waals surface area contributed by atoms with Crippen molar-refractivity contribution in [3.8, 4) is 0 Å². The van der Waals surface area contributed by atoms with Crippen LogP contribution in [0.3, 0.4) is 0 Å². The molecule has 1 saturated heterocycles. The van der Waals surface area contributed by atoms with Crippen molar-refractivity contribution in [2.75, 3.05) is 18.8 Å². The molecule has 1 fully saturated rings. The molecule has 26 heavy (non-hydrogen) atoms. The molecule has 0 N–H and O–H groups in total. The van der Waals surface area contributed by atoms with Crippen LogP contribution in [0.4, 0.5) is 0 Å². The molecule has 0 atom stereocenters. The van der Waals surface area contributed by atoms with Gasteiger partial charge in [0.2, 0.25) is 5.91 Å². The molecule has 0 bridgehead atoms. The number of likely N-dealkylation sites (tertiary alicyclic amines) is 1. The summed E-state index contributed by atoms with van der Waals surface area (Å²) in [5, 5.41) is 0.748. The smallest absolute Gasteiger partial charge is 0.342 e. The van der Waals surface area contributed by atoms with Crippen LogP contribution in [-0.4, -0.2) is 44.2 Å². The molecule has 2 aromatic heterocycles. The van der Waals surface area contributed by atoms with Gasteiger partial charge < -0.3 is 4.90 Å². The number of thioether (sulfide) groups is 1. The van der Waals surface area contributed by atoms with E-state index in [-0.39, 0.29) is 11.6 Å². The molecule has 2 aromatic rings. The average molecular weight is 370 g/mol. The molecule has 2 aliphatic rings. The molecule has 1 amide bonds. The lowest BCUT2D eigenvalue weighted by molar-refractivity contribution is -0.127. The zero-order chi connectivity index (χ0) is 17.9. The molecular weight excluding hydrogens is 348 g/mol. The summed E-state index contributed by atoms with van der Waals surface area (Å²) < 4.78 is 1.77. The fraction of sp³-hybridized carbons (Fsp3) is 0.474. The van der Waals surface area contributed by atoms with Crippen molar-refractivity contribution < 1.29 is 4.79 Å². The van der Waals surface area contributed by atoms with E-state index < -0.39 is 0 Å². The second-order valence-electron chi connectivity index (χ2n) is 6.80. The van der Waals surface area contributed by atoms with Crippen molar-refractivity contribution in [3.63, 3.8) is 0 Å². The van der Waals surface area contributed by atoms with Gasteiger partial charge in [0.25, 0.3) is 0 Å². The van der Waals surface area contributed by atoms with Crippen LogP contribution in [0.2, 0.25) is 0 Å². The molecule has 0 saturated carbocycles. The summed E-state index contributed by atoms with van der Waals surface area (Å²) in [5.74, 6) is 0.520. The van der Waals surface area contributed by atoms with Crippen LogP contribution < -0.4 is 5.69 Å². The molecule has 1 aliphatic heterocycles. The topological polar surface area (TPSA) is 68.1 Å². The SMILES string of the molecule is O=C(CSc1nc(=O)n(Cc2cccnc2)c2c1CCC2)N1CCCC1. The maximum atomic E-state index is 12.6. The van der Waals surface area contributed by atoms with E-state index in [0.29, 0.717) is 12.3 Å². The molecule has 3 heterocycles. The van der Waals surface area contributed by atoms with Crippen molar-refractivity contribution in [2.24, 2.45) is 0 Å². The normalized spacial score (nSPS) is 16.1. The van der Waals surface area contributed by atoms with Crippen LogP contribution in [0.15, 0.2) is 34.3 Å². The Balaban J connectivity index is 1.55. The minimum absolute atomic E-state index is 0.153. The van der Waals surface area contributed by atoms with E-state index in [1.807, 2.05) is 17.0 Å². The Kier molecular flexibility index (Phi) is 5.06. The summed E-state index contributed by atoms with van der Waals surface area (Å²) in [5.41, 5.74) is 2.98. The van der Waals surface area contributed by atoms with Crippen LogP contribution in [-0.2, 0) is 24.2 Å². The monoisotopic (exact) mass is 370 g/mol. The van der Waals surface area contributed by atoms with E-state index >= 15 is 0 Å². The minimum atomic E-state index is -0.231. The lowest BCUT2D eigenvalue weighted by Gasteiger charge is -2.16. The average Bonchev–Trinajstić information content (AvgIpc) is 3.35. The Hall–Kier alpha value is -2.15. The summed E-state index contributed by atoms with van der Waals surface area (Å²) in [6, 6.07) is 3.85. The second kappa shape index (κ2) is 7.61. The summed E-state index contributed by atoms with van der Waals surface area (Å²) >= 11 is 1.42. The van der Waals surface area contributed by atoms with Gasteiger partial charge in [-0.25, -0.2) is 4.79 Å². The van der Waals surface area contributed by atoms with Gasteiger partial charge in [-0.05, 0) is 43.7 Å². The molecule has 0 aromatic carbocycles. The fourth-order valence-corrected chi connectivity index (χ4v) is 4.71. The highest BCUT2D eigenvalue weighted by Crippen LogP contribution is 2.29. The predicted octanol–water partition coefficient (Wildman–Crippen LogP) is 1.89. The third-order valence-corrected chi connectivity index (χ3v) is 6.06. The lowest BCUT2D eigenvalue weighted by atomic mass is 10.2. The van der Waals surface area contributed by atoms with E-state index in [4.69, 9.17) is 0 Å². The van der Waals surface area contributed by atoms with Crippen molar-refractivity contribution in [1.82, 2.24) is 19.4 Å². The van der Waals surface area contributed by atoms with E-state index in [1.165, 1.54) is 11.8 Å². The minimum Gasteiger partial charge on any atom is -0.342 e. The maximum absolute atomic E-state index is 12.6. The molecular formula is C19H22N4O2S. The number of fused-ring (bicyclic) bond motifs is 1. The molecule has 4 rings (SSSR count). The largest absolute Gasteiger partial charge is 0.349 e. The highest BCUT2D eigenvalue weighted by Gasteiger charge is 2.24. The molecule has 136 valence electrons. The van der Waals surface area contributed by atoms with Gasteiger partial charge in [-0.1, -0.05) is 17.8 Å². The third-order valence-electron chi connectivity index (χ3n) is 5.06. The van der Waals surface area contributed by atoms with Crippen LogP contribution in [0, 0.1) is 0 Å². The molecule has 0 spiro atoms. The molecule has 0 radical (unpaired) electrons. The Morgan fingerprint density at radius 2 is 2.04 bits per heavy atom. The fourth-order valence-electron chi connectivity index (χ4n) is 3.73. The zero-order valence-corrected chi connectivity index (χ0v) is 15.5.